The minimum Gasteiger partial charge on any atom is -0.379 e. The number of ether oxygens (including phenoxy) is 1. The Hall–Kier alpha value is -1.55. The van der Waals surface area contributed by atoms with Gasteiger partial charge in [0.1, 0.15) is 0 Å². The molecule has 116 valence electrons. The fraction of sp³-hybridized carbons (Fsp3) is 0.588. The molecule has 0 aromatic heterocycles. The van der Waals surface area contributed by atoms with Gasteiger partial charge in [0.05, 0.1) is 6.61 Å². The molecule has 4 nitrogen and oxygen atoms in total. The van der Waals surface area contributed by atoms with Gasteiger partial charge in [0, 0.05) is 33.8 Å². The number of benzene rings is 1. The maximum atomic E-state index is 5.67. The molecule has 0 aliphatic heterocycles. The number of hydrogen-bond donors (Lipinski definition) is 1. The van der Waals surface area contributed by atoms with Crippen LogP contribution in [0.2, 0.25) is 0 Å². The maximum Gasteiger partial charge on any atom is 0.193 e. The van der Waals surface area contributed by atoms with Crippen LogP contribution in [0.5, 0.6) is 0 Å². The van der Waals surface area contributed by atoms with Gasteiger partial charge in [0.15, 0.2) is 5.96 Å². The first kappa shape index (κ1) is 15.8. The molecule has 1 aliphatic carbocycles. The zero-order chi connectivity index (χ0) is 14.9. The fourth-order valence-corrected chi connectivity index (χ4v) is 2.19. The van der Waals surface area contributed by atoms with Crippen molar-refractivity contribution < 1.29 is 4.74 Å². The highest BCUT2D eigenvalue weighted by atomic mass is 16.5. The first-order valence-electron chi connectivity index (χ1n) is 7.83. The summed E-state index contributed by atoms with van der Waals surface area (Å²) >= 11 is 0. The highest BCUT2D eigenvalue weighted by molar-refractivity contribution is 5.79. The minimum atomic E-state index is 0.770. The Morgan fingerprint density at radius 3 is 2.76 bits per heavy atom. The van der Waals surface area contributed by atoms with E-state index in [9.17, 15) is 0 Å². The lowest BCUT2D eigenvalue weighted by atomic mass is 10.1. The van der Waals surface area contributed by atoms with Gasteiger partial charge in [-0.3, -0.25) is 4.99 Å². The Labute approximate surface area is 128 Å². The normalized spacial score (nSPS) is 15.0. The van der Waals surface area contributed by atoms with Crippen LogP contribution < -0.4 is 5.32 Å². The quantitative estimate of drug-likeness (QED) is 0.453. The number of nitrogens with zero attached hydrogens (tertiary/aromatic N) is 2. The Morgan fingerprint density at radius 1 is 1.33 bits per heavy atom. The molecule has 0 heterocycles. The number of likely N-dealkylation sites (N-methyl/N-ethyl adjacent to an activating group) is 1. The van der Waals surface area contributed by atoms with Gasteiger partial charge in [-0.1, -0.05) is 30.3 Å². The molecule has 2 rings (SSSR count). The third-order valence-electron chi connectivity index (χ3n) is 3.73. The van der Waals surface area contributed by atoms with Crippen molar-refractivity contribution in [3.05, 3.63) is 35.9 Å². The highest BCUT2D eigenvalue weighted by Gasteiger charge is 2.21. The molecule has 0 bridgehead atoms. The Bertz CT molecular complexity index is 429. The van der Waals surface area contributed by atoms with Crippen molar-refractivity contribution in [2.24, 2.45) is 10.9 Å². The Kier molecular flexibility index (Phi) is 6.54. The molecule has 1 aromatic rings. The second-order valence-electron chi connectivity index (χ2n) is 5.65. The third kappa shape index (κ3) is 6.17. The summed E-state index contributed by atoms with van der Waals surface area (Å²) in [5, 5.41) is 3.40. The molecule has 0 atom stereocenters. The standard InChI is InChI=1S/C17H27N3O/c1-18-17(19-11-10-15-6-4-3-5-7-15)20(2)12-13-21-14-16-8-9-16/h3-7,16H,8-14H2,1-2H3,(H,18,19). The van der Waals surface area contributed by atoms with Crippen molar-refractivity contribution in [3.63, 3.8) is 0 Å². The van der Waals surface area contributed by atoms with Gasteiger partial charge < -0.3 is 15.0 Å². The third-order valence-corrected chi connectivity index (χ3v) is 3.73. The Balaban J connectivity index is 1.61. The van der Waals surface area contributed by atoms with E-state index >= 15 is 0 Å². The van der Waals surface area contributed by atoms with Gasteiger partial charge in [0.2, 0.25) is 0 Å². The predicted molar refractivity (Wildman–Crippen MR) is 87.7 cm³/mol. The lowest BCUT2D eigenvalue weighted by Gasteiger charge is -2.22. The molecule has 0 saturated heterocycles. The van der Waals surface area contributed by atoms with Gasteiger partial charge >= 0.3 is 0 Å². The number of guanidine groups is 1. The van der Waals surface area contributed by atoms with E-state index in [-0.39, 0.29) is 0 Å². The van der Waals surface area contributed by atoms with E-state index in [1.54, 1.807) is 0 Å². The molecule has 4 heteroatoms. The van der Waals surface area contributed by atoms with E-state index in [0.717, 1.165) is 44.6 Å². The van der Waals surface area contributed by atoms with Crippen LogP contribution in [0.4, 0.5) is 0 Å². The number of hydrogen-bond acceptors (Lipinski definition) is 2. The topological polar surface area (TPSA) is 36.9 Å². The largest absolute Gasteiger partial charge is 0.379 e. The molecule has 1 aliphatic rings. The maximum absolute atomic E-state index is 5.67. The van der Waals surface area contributed by atoms with Gasteiger partial charge in [-0.2, -0.15) is 0 Å². The lowest BCUT2D eigenvalue weighted by Crippen LogP contribution is -2.41. The van der Waals surface area contributed by atoms with Gasteiger partial charge in [-0.05, 0) is 30.7 Å². The van der Waals surface area contributed by atoms with Crippen molar-refractivity contribution in [1.82, 2.24) is 10.2 Å². The summed E-state index contributed by atoms with van der Waals surface area (Å²) in [5.74, 6) is 1.76. The molecule has 1 saturated carbocycles. The second-order valence-corrected chi connectivity index (χ2v) is 5.65. The molecular formula is C17H27N3O. The summed E-state index contributed by atoms with van der Waals surface area (Å²) in [4.78, 5) is 6.44. The van der Waals surface area contributed by atoms with Crippen LogP contribution in [0, 0.1) is 5.92 Å². The first-order valence-corrected chi connectivity index (χ1v) is 7.83. The second kappa shape index (κ2) is 8.67. The van der Waals surface area contributed by atoms with E-state index in [4.69, 9.17) is 4.74 Å². The summed E-state index contributed by atoms with van der Waals surface area (Å²) < 4.78 is 5.67. The molecule has 1 aromatic carbocycles. The van der Waals surface area contributed by atoms with Crippen molar-refractivity contribution in [2.45, 2.75) is 19.3 Å². The molecule has 0 spiro atoms. The van der Waals surface area contributed by atoms with Gasteiger partial charge in [-0.25, -0.2) is 0 Å². The zero-order valence-electron chi connectivity index (χ0n) is 13.2. The van der Waals surface area contributed by atoms with Crippen molar-refractivity contribution in [1.29, 1.82) is 0 Å². The molecule has 0 amide bonds. The number of nitrogens with one attached hydrogen (secondary N) is 1. The Morgan fingerprint density at radius 2 is 2.10 bits per heavy atom. The van der Waals surface area contributed by atoms with Crippen LogP contribution in [0.15, 0.2) is 35.3 Å². The number of rotatable bonds is 8. The SMILES string of the molecule is CN=C(NCCc1ccccc1)N(C)CCOCC1CC1. The molecule has 0 radical (unpaired) electrons. The summed E-state index contributed by atoms with van der Waals surface area (Å²) in [7, 11) is 3.88. The minimum absolute atomic E-state index is 0.770. The lowest BCUT2D eigenvalue weighted by molar-refractivity contribution is 0.115. The van der Waals surface area contributed by atoms with E-state index in [0.29, 0.717) is 0 Å². The van der Waals surface area contributed by atoms with Crippen LogP contribution in [-0.2, 0) is 11.2 Å². The van der Waals surface area contributed by atoms with Gasteiger partial charge in [-0.15, -0.1) is 0 Å². The predicted octanol–water partition coefficient (Wildman–Crippen LogP) is 2.16. The molecule has 1 N–H and O–H groups in total. The summed E-state index contributed by atoms with van der Waals surface area (Å²) in [6.45, 7) is 3.46. The molecule has 1 fully saturated rings. The van der Waals surface area contributed by atoms with Crippen molar-refractivity contribution >= 4 is 5.96 Å². The van der Waals surface area contributed by atoms with Gasteiger partial charge in [0.25, 0.3) is 0 Å². The summed E-state index contributed by atoms with van der Waals surface area (Å²) in [6.07, 6.45) is 3.70. The van der Waals surface area contributed by atoms with Crippen LogP contribution >= 0.6 is 0 Å². The molecule has 21 heavy (non-hydrogen) atoms. The number of aliphatic imine (C=N–C) groups is 1. The monoisotopic (exact) mass is 289 g/mol. The average Bonchev–Trinajstić information content (AvgIpc) is 3.33. The molecular weight excluding hydrogens is 262 g/mol. The highest BCUT2D eigenvalue weighted by Crippen LogP contribution is 2.28. The van der Waals surface area contributed by atoms with E-state index in [1.807, 2.05) is 13.1 Å². The van der Waals surface area contributed by atoms with Crippen molar-refractivity contribution in [2.75, 3.05) is 40.4 Å². The summed E-state index contributed by atoms with van der Waals surface area (Å²) in [5.41, 5.74) is 1.34. The molecule has 0 unspecified atom stereocenters. The van der Waals surface area contributed by atoms with E-state index in [1.165, 1.54) is 18.4 Å². The van der Waals surface area contributed by atoms with Crippen LogP contribution in [0.1, 0.15) is 18.4 Å². The average molecular weight is 289 g/mol. The smallest absolute Gasteiger partial charge is 0.193 e. The van der Waals surface area contributed by atoms with E-state index in [2.05, 4.69) is 46.5 Å². The van der Waals surface area contributed by atoms with Crippen molar-refractivity contribution in [3.8, 4) is 0 Å². The van der Waals surface area contributed by atoms with Crippen LogP contribution in [-0.4, -0.2) is 51.3 Å². The fourth-order valence-electron chi connectivity index (χ4n) is 2.19. The first-order chi connectivity index (χ1) is 10.3. The zero-order valence-corrected chi connectivity index (χ0v) is 13.2. The van der Waals surface area contributed by atoms with Crippen LogP contribution in [0.25, 0.3) is 0 Å². The van der Waals surface area contributed by atoms with E-state index < -0.39 is 0 Å². The van der Waals surface area contributed by atoms with Crippen LogP contribution in [0.3, 0.4) is 0 Å². The summed E-state index contributed by atoms with van der Waals surface area (Å²) in [6, 6.07) is 10.5.